The number of morpholine rings is 1. The van der Waals surface area contributed by atoms with Crippen LogP contribution in [-0.4, -0.2) is 41.4 Å². The molecule has 2 aromatic rings. The molecule has 1 aromatic carbocycles. The first-order valence-electron chi connectivity index (χ1n) is 7.31. The summed E-state index contributed by atoms with van der Waals surface area (Å²) in [4.78, 5) is 14.4. The van der Waals surface area contributed by atoms with Crippen LogP contribution in [0.3, 0.4) is 0 Å². The Morgan fingerprint density at radius 2 is 1.91 bits per heavy atom. The topological polar surface area (TPSA) is 67.3 Å². The van der Waals surface area contributed by atoms with Crippen molar-refractivity contribution in [3.8, 4) is 0 Å². The van der Waals surface area contributed by atoms with Gasteiger partial charge in [0, 0.05) is 10.6 Å². The number of hydrogen-bond donors (Lipinski definition) is 1. The lowest BCUT2D eigenvalue weighted by atomic mass is 10.2. The fourth-order valence-electron chi connectivity index (χ4n) is 2.52. The maximum Gasteiger partial charge on any atom is 0.257 e. The fraction of sp³-hybridized carbons (Fsp3) is 0.400. The van der Waals surface area contributed by atoms with Crippen LogP contribution in [0.15, 0.2) is 24.3 Å². The molecular weight excluding hydrogens is 336 g/mol. The number of benzene rings is 1. The summed E-state index contributed by atoms with van der Waals surface area (Å²) in [5.74, 6) is -0.229. The summed E-state index contributed by atoms with van der Waals surface area (Å²) < 4.78 is 5.52. The van der Waals surface area contributed by atoms with Gasteiger partial charge in [-0.05, 0) is 38.1 Å². The Labute approximate surface area is 143 Å². The van der Waals surface area contributed by atoms with Crippen molar-refractivity contribution in [2.75, 3.05) is 23.4 Å². The highest BCUT2D eigenvalue weighted by molar-refractivity contribution is 7.19. The second-order valence-corrected chi connectivity index (χ2v) is 6.89. The van der Waals surface area contributed by atoms with E-state index in [9.17, 15) is 4.79 Å². The minimum atomic E-state index is -0.229. The van der Waals surface area contributed by atoms with Crippen molar-refractivity contribution in [3.05, 3.63) is 34.9 Å². The number of rotatable bonds is 3. The summed E-state index contributed by atoms with van der Waals surface area (Å²) >= 11 is 7.19. The average molecular weight is 353 g/mol. The van der Waals surface area contributed by atoms with E-state index in [2.05, 4.69) is 34.3 Å². The molecule has 1 aromatic heterocycles. The average Bonchev–Trinajstić information content (AvgIpc) is 2.96. The first-order valence-corrected chi connectivity index (χ1v) is 8.50. The summed E-state index contributed by atoms with van der Waals surface area (Å²) in [6.45, 7) is 5.50. The van der Waals surface area contributed by atoms with Gasteiger partial charge in [0.1, 0.15) is 0 Å². The zero-order valence-corrected chi connectivity index (χ0v) is 14.4. The molecule has 2 atom stereocenters. The van der Waals surface area contributed by atoms with E-state index in [1.165, 1.54) is 11.3 Å². The molecule has 122 valence electrons. The molecular formula is C15H17ClN4O2S. The van der Waals surface area contributed by atoms with Crippen LogP contribution in [0.5, 0.6) is 0 Å². The maximum absolute atomic E-state index is 12.2. The minimum absolute atomic E-state index is 0.228. The molecule has 2 heterocycles. The summed E-state index contributed by atoms with van der Waals surface area (Å²) in [5.41, 5.74) is 0.527. The summed E-state index contributed by atoms with van der Waals surface area (Å²) in [5, 5.41) is 12.9. The third kappa shape index (κ3) is 3.63. The Kier molecular flexibility index (Phi) is 4.79. The van der Waals surface area contributed by atoms with Crippen LogP contribution >= 0.6 is 22.9 Å². The van der Waals surface area contributed by atoms with Crippen molar-refractivity contribution in [3.63, 3.8) is 0 Å². The van der Waals surface area contributed by atoms with E-state index in [1.54, 1.807) is 24.3 Å². The van der Waals surface area contributed by atoms with Crippen LogP contribution < -0.4 is 10.2 Å². The van der Waals surface area contributed by atoms with Gasteiger partial charge in [-0.2, -0.15) is 0 Å². The van der Waals surface area contributed by atoms with Gasteiger partial charge in [-0.15, -0.1) is 10.2 Å². The molecule has 1 aliphatic rings. The number of nitrogens with one attached hydrogen (secondary N) is 1. The monoisotopic (exact) mass is 352 g/mol. The molecule has 1 saturated heterocycles. The number of carbonyl (C=O) groups is 1. The van der Waals surface area contributed by atoms with Crippen molar-refractivity contribution in [2.24, 2.45) is 0 Å². The third-order valence-electron chi connectivity index (χ3n) is 3.63. The van der Waals surface area contributed by atoms with Crippen molar-refractivity contribution >= 4 is 39.1 Å². The number of aromatic nitrogens is 2. The smallest absolute Gasteiger partial charge is 0.257 e. The molecule has 0 unspecified atom stereocenters. The normalized spacial score (nSPS) is 21.3. The highest BCUT2D eigenvalue weighted by Crippen LogP contribution is 2.29. The van der Waals surface area contributed by atoms with Crippen LogP contribution in [0, 0.1) is 0 Å². The number of hydrogen-bond acceptors (Lipinski definition) is 6. The van der Waals surface area contributed by atoms with Gasteiger partial charge in [0.25, 0.3) is 5.91 Å². The van der Waals surface area contributed by atoms with Crippen molar-refractivity contribution in [1.82, 2.24) is 10.2 Å². The van der Waals surface area contributed by atoms with E-state index >= 15 is 0 Å². The zero-order chi connectivity index (χ0) is 16.4. The Hall–Kier alpha value is -1.70. The van der Waals surface area contributed by atoms with Crippen LogP contribution in [0.25, 0.3) is 0 Å². The molecule has 0 saturated carbocycles. The Balaban J connectivity index is 1.71. The number of ether oxygens (including phenoxy) is 1. The molecule has 6 nitrogen and oxygen atoms in total. The van der Waals surface area contributed by atoms with Gasteiger partial charge in [0.2, 0.25) is 10.3 Å². The summed E-state index contributed by atoms with van der Waals surface area (Å²) in [6, 6.07) is 7.16. The van der Waals surface area contributed by atoms with Crippen molar-refractivity contribution in [2.45, 2.75) is 25.9 Å². The maximum atomic E-state index is 12.2. The van der Waals surface area contributed by atoms with Crippen molar-refractivity contribution in [1.29, 1.82) is 0 Å². The fourth-order valence-corrected chi connectivity index (χ4v) is 3.59. The van der Waals surface area contributed by atoms with Crippen LogP contribution in [0.4, 0.5) is 10.3 Å². The molecule has 23 heavy (non-hydrogen) atoms. The van der Waals surface area contributed by atoms with Gasteiger partial charge in [0.05, 0.1) is 25.3 Å². The molecule has 1 fully saturated rings. The lowest BCUT2D eigenvalue weighted by Crippen LogP contribution is -2.49. The SMILES string of the molecule is C[C@@H]1COC[C@@H](C)N1c1nnc(NC(=O)c2ccc(Cl)cc2)s1. The third-order valence-corrected chi connectivity index (χ3v) is 4.73. The van der Waals surface area contributed by atoms with Gasteiger partial charge in [-0.25, -0.2) is 0 Å². The summed E-state index contributed by atoms with van der Waals surface area (Å²) in [6.07, 6.45) is 0. The standard InChI is InChI=1S/C15H17ClN4O2S/c1-9-7-22-8-10(2)20(9)15-19-18-14(23-15)17-13(21)11-3-5-12(16)6-4-11/h3-6,9-10H,7-8H2,1-2H3,(H,17,18,21)/t9-,10-/m1/s1. The highest BCUT2D eigenvalue weighted by atomic mass is 35.5. The highest BCUT2D eigenvalue weighted by Gasteiger charge is 2.28. The van der Waals surface area contributed by atoms with Crippen LogP contribution in [0.1, 0.15) is 24.2 Å². The molecule has 0 bridgehead atoms. The Bertz CT molecular complexity index is 681. The number of halogens is 1. The van der Waals surface area contributed by atoms with E-state index in [0.717, 1.165) is 5.13 Å². The zero-order valence-electron chi connectivity index (χ0n) is 12.8. The van der Waals surface area contributed by atoms with Gasteiger partial charge in [0.15, 0.2) is 0 Å². The molecule has 1 aliphatic heterocycles. The molecule has 8 heteroatoms. The Morgan fingerprint density at radius 1 is 1.26 bits per heavy atom. The lowest BCUT2D eigenvalue weighted by molar-refractivity contribution is 0.0756. The molecule has 0 aliphatic carbocycles. The molecule has 1 N–H and O–H groups in total. The molecule has 0 radical (unpaired) electrons. The van der Waals surface area contributed by atoms with Crippen molar-refractivity contribution < 1.29 is 9.53 Å². The molecule has 0 spiro atoms. The second kappa shape index (κ2) is 6.82. The van der Waals surface area contributed by atoms with E-state index in [0.29, 0.717) is 28.9 Å². The predicted octanol–water partition coefficient (Wildman–Crippen LogP) is 3.06. The summed E-state index contributed by atoms with van der Waals surface area (Å²) in [7, 11) is 0. The quantitative estimate of drug-likeness (QED) is 0.919. The predicted molar refractivity (Wildman–Crippen MR) is 91.5 cm³/mol. The molecule has 3 rings (SSSR count). The first kappa shape index (κ1) is 16.2. The lowest BCUT2D eigenvalue weighted by Gasteiger charge is -2.38. The van der Waals surface area contributed by atoms with Gasteiger partial charge >= 0.3 is 0 Å². The Morgan fingerprint density at radius 3 is 2.57 bits per heavy atom. The van der Waals surface area contributed by atoms with Crippen LogP contribution in [-0.2, 0) is 4.74 Å². The first-order chi connectivity index (χ1) is 11.0. The number of carbonyl (C=O) groups excluding carboxylic acids is 1. The van der Waals surface area contributed by atoms with Crippen LogP contribution in [0.2, 0.25) is 5.02 Å². The van der Waals surface area contributed by atoms with E-state index in [-0.39, 0.29) is 18.0 Å². The largest absolute Gasteiger partial charge is 0.377 e. The van der Waals surface area contributed by atoms with Gasteiger partial charge < -0.3 is 9.64 Å². The van der Waals surface area contributed by atoms with E-state index in [1.807, 2.05) is 0 Å². The van der Waals surface area contributed by atoms with Gasteiger partial charge in [-0.1, -0.05) is 22.9 Å². The number of anilines is 2. The molecule has 1 amide bonds. The van der Waals surface area contributed by atoms with E-state index in [4.69, 9.17) is 16.3 Å². The number of amides is 1. The second-order valence-electron chi connectivity index (χ2n) is 5.49. The van der Waals surface area contributed by atoms with E-state index < -0.39 is 0 Å². The minimum Gasteiger partial charge on any atom is -0.377 e. The van der Waals surface area contributed by atoms with Gasteiger partial charge in [-0.3, -0.25) is 10.1 Å². The number of nitrogens with zero attached hydrogens (tertiary/aromatic N) is 3.